The predicted molar refractivity (Wildman–Crippen MR) is 84.7 cm³/mol. The van der Waals surface area contributed by atoms with Crippen LogP contribution in [-0.2, 0) is 14.6 Å². The molecule has 0 aliphatic heterocycles. The number of rotatable bonds is 6. The summed E-state index contributed by atoms with van der Waals surface area (Å²) in [4.78, 5) is 11.9. The van der Waals surface area contributed by atoms with Gasteiger partial charge in [-0.25, -0.2) is 8.42 Å². The number of nitrogens with two attached hydrogens (primary N) is 1. The van der Waals surface area contributed by atoms with E-state index in [0.29, 0.717) is 24.5 Å². The first-order valence-electron chi connectivity index (χ1n) is 7.86. The van der Waals surface area contributed by atoms with Crippen molar-refractivity contribution in [3.63, 3.8) is 0 Å². The van der Waals surface area contributed by atoms with Crippen LogP contribution in [0.3, 0.4) is 0 Å². The van der Waals surface area contributed by atoms with Crippen LogP contribution in [0.4, 0.5) is 0 Å². The van der Waals surface area contributed by atoms with Crippen LogP contribution in [0.5, 0.6) is 0 Å². The molecule has 0 bridgehead atoms. The number of hydrogen-bond donors (Lipinski definition) is 1. The number of sulfone groups is 1. The third-order valence-electron chi connectivity index (χ3n) is 4.38. The highest BCUT2D eigenvalue weighted by atomic mass is 32.2. The molecule has 5 heteroatoms. The second-order valence-electron chi connectivity index (χ2n) is 6.09. The molecule has 2 N–H and O–H groups in total. The first kappa shape index (κ1) is 16.4. The van der Waals surface area contributed by atoms with Crippen molar-refractivity contribution in [3.8, 4) is 0 Å². The molecule has 118 valence electrons. The number of carbonyl (C=O) groups is 1. The fourth-order valence-electron chi connectivity index (χ4n) is 3.17. The fourth-order valence-corrected chi connectivity index (χ4v) is 5.17. The van der Waals surface area contributed by atoms with Crippen molar-refractivity contribution in [2.24, 2.45) is 11.7 Å². The van der Waals surface area contributed by atoms with Crippen LogP contribution in [0.15, 0.2) is 23.8 Å². The zero-order valence-electron chi connectivity index (χ0n) is 12.5. The monoisotopic (exact) mass is 311 g/mol. The topological polar surface area (TPSA) is 77.2 Å². The molecular weight excluding hydrogens is 286 g/mol. The Bertz CT molecular complexity index is 528. The van der Waals surface area contributed by atoms with Gasteiger partial charge >= 0.3 is 0 Å². The van der Waals surface area contributed by atoms with Crippen LogP contribution >= 0.6 is 0 Å². The molecule has 0 radical (unpaired) electrons. The molecule has 2 aliphatic rings. The Kier molecular flexibility index (Phi) is 5.76. The van der Waals surface area contributed by atoms with Gasteiger partial charge in [0.25, 0.3) is 0 Å². The maximum atomic E-state index is 12.6. The molecule has 0 spiro atoms. The van der Waals surface area contributed by atoms with Crippen LogP contribution in [0.1, 0.15) is 44.9 Å². The highest BCUT2D eigenvalue weighted by Crippen LogP contribution is 2.28. The maximum absolute atomic E-state index is 12.6. The molecule has 1 atom stereocenters. The SMILES string of the molecule is NCCC(=O)C1=CC(S(=O)(=O)CC2CCCCC2)CC=C1. The molecule has 2 aliphatic carbocycles. The number of ketones is 1. The maximum Gasteiger partial charge on any atom is 0.163 e. The number of Topliss-reactive ketones (excluding diaryl/α,β-unsaturated/α-hetero) is 1. The summed E-state index contributed by atoms with van der Waals surface area (Å²) in [6.07, 6.45) is 11.4. The molecule has 0 heterocycles. The molecule has 0 aromatic rings. The van der Waals surface area contributed by atoms with Gasteiger partial charge in [-0.2, -0.15) is 0 Å². The fraction of sp³-hybridized carbons (Fsp3) is 0.688. The van der Waals surface area contributed by atoms with Gasteiger partial charge in [0, 0.05) is 12.0 Å². The lowest BCUT2D eigenvalue weighted by Gasteiger charge is -2.24. The van der Waals surface area contributed by atoms with Crippen molar-refractivity contribution < 1.29 is 13.2 Å². The van der Waals surface area contributed by atoms with Gasteiger partial charge in [0.15, 0.2) is 15.6 Å². The summed E-state index contributed by atoms with van der Waals surface area (Å²) in [6, 6.07) is 0. The summed E-state index contributed by atoms with van der Waals surface area (Å²) in [6.45, 7) is 0.295. The zero-order chi connectivity index (χ0) is 15.3. The van der Waals surface area contributed by atoms with E-state index in [-0.39, 0.29) is 18.0 Å². The minimum atomic E-state index is -3.18. The molecule has 1 unspecified atom stereocenters. The van der Waals surface area contributed by atoms with Gasteiger partial charge < -0.3 is 5.73 Å². The molecule has 0 saturated heterocycles. The second-order valence-corrected chi connectivity index (χ2v) is 8.36. The van der Waals surface area contributed by atoms with E-state index in [1.54, 1.807) is 18.2 Å². The second kappa shape index (κ2) is 7.36. The third kappa shape index (κ3) is 4.51. The number of allylic oxidation sites excluding steroid dienone is 3. The Morgan fingerprint density at radius 1 is 1.24 bits per heavy atom. The normalized spacial score (nSPS) is 23.9. The first-order valence-corrected chi connectivity index (χ1v) is 9.57. The highest BCUT2D eigenvalue weighted by molar-refractivity contribution is 7.92. The van der Waals surface area contributed by atoms with Crippen molar-refractivity contribution in [2.45, 2.75) is 50.2 Å². The van der Waals surface area contributed by atoms with Crippen LogP contribution in [0.2, 0.25) is 0 Å². The minimum absolute atomic E-state index is 0.0636. The molecule has 0 aromatic carbocycles. The van der Waals surface area contributed by atoms with Gasteiger partial charge in [0.2, 0.25) is 0 Å². The standard InChI is InChI=1S/C16H25NO3S/c17-10-9-16(18)14-7-4-8-15(11-14)21(19,20)12-13-5-2-1-3-6-13/h4,7,11,13,15H,1-3,5-6,8-10,12,17H2. The highest BCUT2D eigenvalue weighted by Gasteiger charge is 2.29. The molecule has 0 aromatic heterocycles. The number of hydrogen-bond acceptors (Lipinski definition) is 4. The Balaban J connectivity index is 2.05. The van der Waals surface area contributed by atoms with Gasteiger partial charge in [-0.15, -0.1) is 0 Å². The van der Waals surface area contributed by atoms with E-state index in [2.05, 4.69) is 0 Å². The molecule has 21 heavy (non-hydrogen) atoms. The van der Waals surface area contributed by atoms with Crippen LogP contribution in [0, 0.1) is 5.92 Å². The smallest absolute Gasteiger partial charge is 0.163 e. The van der Waals surface area contributed by atoms with E-state index >= 15 is 0 Å². The van der Waals surface area contributed by atoms with Crippen LogP contribution in [0.25, 0.3) is 0 Å². The van der Waals surface area contributed by atoms with Crippen molar-refractivity contribution in [1.29, 1.82) is 0 Å². The lowest BCUT2D eigenvalue weighted by molar-refractivity contribution is -0.115. The van der Waals surface area contributed by atoms with Crippen LogP contribution in [-0.4, -0.2) is 31.7 Å². The predicted octanol–water partition coefficient (Wildman–Crippen LogP) is 2.15. The van der Waals surface area contributed by atoms with Gasteiger partial charge in [-0.1, -0.05) is 37.5 Å². The summed E-state index contributed by atoms with van der Waals surface area (Å²) in [7, 11) is -3.18. The molecular formula is C16H25NO3S. The van der Waals surface area contributed by atoms with E-state index in [1.165, 1.54) is 6.42 Å². The van der Waals surface area contributed by atoms with Crippen molar-refractivity contribution in [3.05, 3.63) is 23.8 Å². The van der Waals surface area contributed by atoms with Crippen molar-refractivity contribution >= 4 is 15.6 Å². The minimum Gasteiger partial charge on any atom is -0.330 e. The quantitative estimate of drug-likeness (QED) is 0.815. The Morgan fingerprint density at radius 3 is 2.62 bits per heavy atom. The molecule has 1 saturated carbocycles. The molecule has 4 nitrogen and oxygen atoms in total. The third-order valence-corrected chi connectivity index (χ3v) is 6.57. The van der Waals surface area contributed by atoms with Gasteiger partial charge in [0.1, 0.15) is 0 Å². The lowest BCUT2D eigenvalue weighted by Crippen LogP contribution is -2.29. The van der Waals surface area contributed by atoms with E-state index in [0.717, 1.165) is 25.7 Å². The lowest BCUT2D eigenvalue weighted by atomic mass is 9.91. The van der Waals surface area contributed by atoms with Gasteiger partial charge in [-0.3, -0.25) is 4.79 Å². The van der Waals surface area contributed by atoms with Crippen molar-refractivity contribution in [2.75, 3.05) is 12.3 Å². The van der Waals surface area contributed by atoms with E-state index in [1.807, 2.05) is 0 Å². The molecule has 0 amide bonds. The summed E-state index contributed by atoms with van der Waals surface area (Å²) >= 11 is 0. The first-order chi connectivity index (χ1) is 10.0. The average molecular weight is 311 g/mol. The molecule has 1 fully saturated rings. The van der Waals surface area contributed by atoms with E-state index < -0.39 is 15.1 Å². The summed E-state index contributed by atoms with van der Waals surface area (Å²) < 4.78 is 25.1. The van der Waals surface area contributed by atoms with Gasteiger partial charge in [0.05, 0.1) is 11.0 Å². The van der Waals surface area contributed by atoms with Crippen LogP contribution < -0.4 is 5.73 Å². The average Bonchev–Trinajstić information content (AvgIpc) is 2.48. The van der Waals surface area contributed by atoms with E-state index in [4.69, 9.17) is 5.73 Å². The molecule has 2 rings (SSSR count). The summed E-state index contributed by atoms with van der Waals surface area (Å²) in [5, 5.41) is -0.541. The zero-order valence-corrected chi connectivity index (χ0v) is 13.3. The van der Waals surface area contributed by atoms with Crippen molar-refractivity contribution in [1.82, 2.24) is 0 Å². The Labute approximate surface area is 127 Å². The summed E-state index contributed by atoms with van der Waals surface area (Å²) in [5.74, 6) is 0.498. The summed E-state index contributed by atoms with van der Waals surface area (Å²) in [5.41, 5.74) is 5.89. The Morgan fingerprint density at radius 2 is 1.95 bits per heavy atom. The van der Waals surface area contributed by atoms with E-state index in [9.17, 15) is 13.2 Å². The number of carbonyl (C=O) groups excluding carboxylic acids is 1. The van der Waals surface area contributed by atoms with Gasteiger partial charge in [-0.05, 0) is 31.7 Å². The Hall–Kier alpha value is -0.940. The largest absolute Gasteiger partial charge is 0.330 e.